The van der Waals surface area contributed by atoms with Crippen molar-refractivity contribution < 1.29 is 9.53 Å². The van der Waals surface area contributed by atoms with Crippen molar-refractivity contribution in [1.82, 2.24) is 0 Å². The molecule has 102 valence electrons. The number of halogens is 1. The number of carbonyl (C=O) groups is 1. The van der Waals surface area contributed by atoms with Gasteiger partial charge in [0.15, 0.2) is 5.78 Å². The van der Waals surface area contributed by atoms with Crippen LogP contribution in [0.25, 0.3) is 0 Å². The van der Waals surface area contributed by atoms with Gasteiger partial charge in [-0.3, -0.25) is 4.79 Å². The average Bonchev–Trinajstić information content (AvgIpc) is 2.73. The summed E-state index contributed by atoms with van der Waals surface area (Å²) in [5.74, 6) is 0.928. The first kappa shape index (κ1) is 13.4. The first-order valence-electron chi connectivity index (χ1n) is 6.55. The molecule has 0 aliphatic carbocycles. The maximum atomic E-state index is 12.5. The molecule has 3 heteroatoms. The van der Waals surface area contributed by atoms with Crippen molar-refractivity contribution in [3.05, 3.63) is 63.6 Å². The van der Waals surface area contributed by atoms with Crippen LogP contribution in [0.5, 0.6) is 5.75 Å². The van der Waals surface area contributed by atoms with E-state index in [0.29, 0.717) is 17.7 Å². The van der Waals surface area contributed by atoms with Crippen LogP contribution in [-0.4, -0.2) is 12.4 Å². The fraction of sp³-hybridized carbons (Fsp3) is 0.235. The van der Waals surface area contributed by atoms with Gasteiger partial charge in [0, 0.05) is 26.6 Å². The molecule has 0 saturated heterocycles. The van der Waals surface area contributed by atoms with Crippen LogP contribution in [0, 0.1) is 0 Å². The second kappa shape index (κ2) is 4.74. The van der Waals surface area contributed by atoms with Gasteiger partial charge in [-0.05, 0) is 30.3 Å². The number of hydrogen-bond acceptors (Lipinski definition) is 2. The van der Waals surface area contributed by atoms with Crippen LogP contribution in [0.4, 0.5) is 0 Å². The van der Waals surface area contributed by atoms with Crippen molar-refractivity contribution in [3.8, 4) is 5.75 Å². The van der Waals surface area contributed by atoms with Crippen LogP contribution in [0.1, 0.15) is 35.3 Å². The van der Waals surface area contributed by atoms with Crippen molar-refractivity contribution in [1.29, 1.82) is 0 Å². The molecule has 0 saturated carbocycles. The van der Waals surface area contributed by atoms with Gasteiger partial charge < -0.3 is 4.74 Å². The largest absolute Gasteiger partial charge is 0.492 e. The van der Waals surface area contributed by atoms with Gasteiger partial charge in [0.25, 0.3) is 0 Å². The summed E-state index contributed by atoms with van der Waals surface area (Å²) >= 11 is 3.40. The van der Waals surface area contributed by atoms with Gasteiger partial charge in [0.05, 0.1) is 6.61 Å². The van der Waals surface area contributed by atoms with Gasteiger partial charge in [-0.15, -0.1) is 0 Å². The second-order valence-corrected chi connectivity index (χ2v) is 6.64. The van der Waals surface area contributed by atoms with Gasteiger partial charge in [0.2, 0.25) is 0 Å². The number of ether oxygens (including phenoxy) is 1. The van der Waals surface area contributed by atoms with Crippen LogP contribution >= 0.6 is 15.9 Å². The lowest BCUT2D eigenvalue weighted by molar-refractivity contribution is 0.103. The molecule has 0 unspecified atom stereocenters. The Morgan fingerprint density at radius 2 is 1.90 bits per heavy atom. The minimum atomic E-state index is -0.0388. The van der Waals surface area contributed by atoms with Gasteiger partial charge in [-0.25, -0.2) is 0 Å². The molecular weight excluding hydrogens is 316 g/mol. The van der Waals surface area contributed by atoms with E-state index in [1.54, 1.807) is 0 Å². The molecule has 0 amide bonds. The summed E-state index contributed by atoms with van der Waals surface area (Å²) in [5, 5.41) is 0. The SMILES string of the molecule is CC1(C)COc2ccc(C(=O)c3cccc(Br)c3)cc21. The van der Waals surface area contributed by atoms with E-state index >= 15 is 0 Å². The zero-order valence-corrected chi connectivity index (χ0v) is 13.0. The van der Waals surface area contributed by atoms with Crippen molar-refractivity contribution in [3.63, 3.8) is 0 Å². The number of rotatable bonds is 2. The minimum absolute atomic E-state index is 0.0387. The topological polar surface area (TPSA) is 26.3 Å². The molecule has 1 aliphatic rings. The second-order valence-electron chi connectivity index (χ2n) is 5.72. The highest BCUT2D eigenvalue weighted by molar-refractivity contribution is 9.10. The van der Waals surface area contributed by atoms with Crippen LogP contribution in [-0.2, 0) is 5.41 Å². The summed E-state index contributed by atoms with van der Waals surface area (Å²) in [5.41, 5.74) is 2.47. The minimum Gasteiger partial charge on any atom is -0.492 e. The van der Waals surface area contributed by atoms with Crippen molar-refractivity contribution in [2.45, 2.75) is 19.3 Å². The molecule has 0 fully saturated rings. The molecule has 2 nitrogen and oxygen atoms in total. The molecule has 0 aromatic heterocycles. The monoisotopic (exact) mass is 330 g/mol. The van der Waals surface area contributed by atoms with Crippen LogP contribution in [0.3, 0.4) is 0 Å². The summed E-state index contributed by atoms with van der Waals surface area (Å²) in [6.07, 6.45) is 0. The predicted octanol–water partition coefficient (Wildman–Crippen LogP) is 4.35. The summed E-state index contributed by atoms with van der Waals surface area (Å²) in [6.45, 7) is 4.93. The first-order valence-corrected chi connectivity index (χ1v) is 7.34. The summed E-state index contributed by atoms with van der Waals surface area (Å²) in [4.78, 5) is 12.5. The van der Waals surface area contributed by atoms with Gasteiger partial charge in [-0.2, -0.15) is 0 Å². The zero-order chi connectivity index (χ0) is 14.3. The highest BCUT2D eigenvalue weighted by Crippen LogP contribution is 2.39. The molecule has 0 spiro atoms. The lowest BCUT2D eigenvalue weighted by Gasteiger charge is -2.15. The number of fused-ring (bicyclic) bond motifs is 1. The number of carbonyl (C=O) groups excluding carboxylic acids is 1. The molecule has 2 aromatic carbocycles. The van der Waals surface area contributed by atoms with E-state index in [1.807, 2.05) is 42.5 Å². The molecule has 0 radical (unpaired) electrons. The maximum absolute atomic E-state index is 12.5. The Kier molecular flexibility index (Phi) is 3.17. The quantitative estimate of drug-likeness (QED) is 0.765. The fourth-order valence-electron chi connectivity index (χ4n) is 2.46. The molecule has 3 rings (SSSR count). The van der Waals surface area contributed by atoms with Crippen LogP contribution in [0.2, 0.25) is 0 Å². The van der Waals surface area contributed by atoms with Crippen molar-refractivity contribution in [2.75, 3.05) is 6.61 Å². The molecular formula is C17H15BrO2. The van der Waals surface area contributed by atoms with Gasteiger partial charge in [-0.1, -0.05) is 41.9 Å². The van der Waals surface area contributed by atoms with E-state index in [9.17, 15) is 4.79 Å². The molecule has 2 aromatic rings. The third kappa shape index (κ3) is 2.27. The first-order chi connectivity index (χ1) is 9.47. The smallest absolute Gasteiger partial charge is 0.193 e. The summed E-state index contributed by atoms with van der Waals surface area (Å²) < 4.78 is 6.56. The Balaban J connectivity index is 2.02. The highest BCUT2D eigenvalue weighted by atomic mass is 79.9. The summed E-state index contributed by atoms with van der Waals surface area (Å²) in [7, 11) is 0. The highest BCUT2D eigenvalue weighted by Gasteiger charge is 2.32. The van der Waals surface area contributed by atoms with Crippen LogP contribution in [0.15, 0.2) is 46.9 Å². The molecule has 0 bridgehead atoms. The molecule has 0 atom stereocenters. The number of benzene rings is 2. The zero-order valence-electron chi connectivity index (χ0n) is 11.4. The van der Waals surface area contributed by atoms with Crippen molar-refractivity contribution >= 4 is 21.7 Å². The maximum Gasteiger partial charge on any atom is 0.193 e. The number of hydrogen-bond donors (Lipinski definition) is 0. The molecule has 1 aliphatic heterocycles. The van der Waals surface area contributed by atoms with E-state index in [0.717, 1.165) is 15.8 Å². The Labute approximate surface area is 126 Å². The number of ketones is 1. The predicted molar refractivity (Wildman–Crippen MR) is 82.5 cm³/mol. The van der Waals surface area contributed by atoms with E-state index in [2.05, 4.69) is 29.8 Å². The van der Waals surface area contributed by atoms with E-state index < -0.39 is 0 Å². The average molecular weight is 331 g/mol. The van der Waals surface area contributed by atoms with Gasteiger partial charge >= 0.3 is 0 Å². The lowest BCUT2D eigenvalue weighted by Crippen LogP contribution is -2.18. The van der Waals surface area contributed by atoms with E-state index in [4.69, 9.17) is 4.74 Å². The third-order valence-electron chi connectivity index (χ3n) is 3.65. The Morgan fingerprint density at radius 3 is 2.65 bits per heavy atom. The molecule has 20 heavy (non-hydrogen) atoms. The third-order valence-corrected chi connectivity index (χ3v) is 4.14. The van der Waals surface area contributed by atoms with E-state index in [1.165, 1.54) is 0 Å². The fourth-order valence-corrected chi connectivity index (χ4v) is 2.86. The Bertz CT molecular complexity index is 689. The van der Waals surface area contributed by atoms with Crippen molar-refractivity contribution in [2.24, 2.45) is 0 Å². The van der Waals surface area contributed by atoms with Gasteiger partial charge in [0.1, 0.15) is 5.75 Å². The standard InChI is InChI=1S/C17H15BrO2/c1-17(2)10-20-15-7-6-12(9-14(15)17)16(19)11-4-3-5-13(18)8-11/h3-9H,10H2,1-2H3. The Hall–Kier alpha value is -1.61. The lowest BCUT2D eigenvalue weighted by atomic mass is 9.85. The molecule has 1 heterocycles. The Morgan fingerprint density at radius 1 is 1.15 bits per heavy atom. The van der Waals surface area contributed by atoms with Crippen LogP contribution < -0.4 is 4.74 Å². The molecule has 0 N–H and O–H groups in total. The normalized spacial score (nSPS) is 15.6. The van der Waals surface area contributed by atoms with E-state index in [-0.39, 0.29) is 11.2 Å². The summed E-state index contributed by atoms with van der Waals surface area (Å²) in [6, 6.07) is 13.2.